The van der Waals surface area contributed by atoms with Crippen LogP contribution in [-0.2, 0) is 9.53 Å². The van der Waals surface area contributed by atoms with Crippen LogP contribution in [0.25, 0.3) is 0 Å². The first-order valence-corrected chi connectivity index (χ1v) is 6.58. The zero-order valence-corrected chi connectivity index (χ0v) is 11.7. The first kappa shape index (κ1) is 14.0. The Hall–Kier alpha value is -2.42. The first-order chi connectivity index (χ1) is 9.70. The summed E-state index contributed by atoms with van der Waals surface area (Å²) in [6.07, 6.45) is 0. The lowest BCUT2D eigenvalue weighted by Gasteiger charge is -2.06. The summed E-state index contributed by atoms with van der Waals surface area (Å²) >= 11 is 0. The number of hydrogen-bond acceptors (Lipinski definition) is 3. The smallest absolute Gasteiger partial charge is 0.357 e. The number of hydrogen-bond donors (Lipinski definition) is 0. The summed E-state index contributed by atoms with van der Waals surface area (Å²) in [5.41, 5.74) is 2.94. The van der Waals surface area contributed by atoms with E-state index in [1.54, 1.807) is 6.92 Å². The third kappa shape index (κ3) is 3.54. The van der Waals surface area contributed by atoms with Crippen molar-refractivity contribution in [2.24, 2.45) is 4.99 Å². The summed E-state index contributed by atoms with van der Waals surface area (Å²) in [7, 11) is 0. The van der Waals surface area contributed by atoms with Crippen LogP contribution in [0.5, 0.6) is 0 Å². The third-order valence-electron chi connectivity index (χ3n) is 2.76. The van der Waals surface area contributed by atoms with Crippen LogP contribution in [0.4, 0.5) is 5.69 Å². The van der Waals surface area contributed by atoms with Gasteiger partial charge in [-0.25, -0.2) is 9.79 Å². The Balaban J connectivity index is 2.44. The summed E-state index contributed by atoms with van der Waals surface area (Å²) in [6.45, 7) is 4.11. The molecule has 0 atom stereocenters. The molecule has 0 heterocycles. The van der Waals surface area contributed by atoms with Crippen molar-refractivity contribution in [3.63, 3.8) is 0 Å². The van der Waals surface area contributed by atoms with Crippen molar-refractivity contribution >= 4 is 17.4 Å². The molecule has 2 aromatic rings. The highest BCUT2D eigenvalue weighted by Crippen LogP contribution is 2.16. The molecule has 0 fully saturated rings. The van der Waals surface area contributed by atoms with Crippen LogP contribution in [0.15, 0.2) is 59.6 Å². The average Bonchev–Trinajstić information content (AvgIpc) is 2.46. The summed E-state index contributed by atoms with van der Waals surface area (Å²) in [5.74, 6) is -0.403. The second kappa shape index (κ2) is 6.66. The molecule has 0 aliphatic heterocycles. The zero-order valence-electron chi connectivity index (χ0n) is 11.7. The Morgan fingerprint density at radius 3 is 2.50 bits per heavy atom. The van der Waals surface area contributed by atoms with Gasteiger partial charge in [-0.05, 0) is 31.5 Å². The number of aryl methyl sites for hydroxylation is 1. The van der Waals surface area contributed by atoms with Gasteiger partial charge in [0.25, 0.3) is 0 Å². The van der Waals surface area contributed by atoms with Crippen molar-refractivity contribution in [3.05, 3.63) is 65.7 Å². The zero-order chi connectivity index (χ0) is 14.4. The molecule has 2 aromatic carbocycles. The second-order valence-corrected chi connectivity index (χ2v) is 4.39. The van der Waals surface area contributed by atoms with Crippen molar-refractivity contribution in [2.75, 3.05) is 6.61 Å². The molecule has 0 radical (unpaired) electrons. The summed E-state index contributed by atoms with van der Waals surface area (Å²) in [6, 6.07) is 17.1. The van der Waals surface area contributed by atoms with Crippen molar-refractivity contribution in [2.45, 2.75) is 13.8 Å². The predicted octanol–water partition coefficient (Wildman–Crippen LogP) is 3.68. The van der Waals surface area contributed by atoms with E-state index < -0.39 is 5.97 Å². The molecule has 3 nitrogen and oxygen atoms in total. The number of benzene rings is 2. The number of carbonyl (C=O) groups excluding carboxylic acids is 1. The lowest BCUT2D eigenvalue weighted by molar-refractivity contribution is -0.134. The number of carbonyl (C=O) groups is 1. The van der Waals surface area contributed by atoms with E-state index in [1.807, 2.05) is 61.5 Å². The number of nitrogens with zero attached hydrogens (tertiary/aromatic N) is 1. The van der Waals surface area contributed by atoms with E-state index in [9.17, 15) is 4.79 Å². The van der Waals surface area contributed by atoms with E-state index in [4.69, 9.17) is 4.74 Å². The molecule has 102 valence electrons. The molecule has 0 saturated carbocycles. The Labute approximate surface area is 118 Å². The van der Waals surface area contributed by atoms with Crippen molar-refractivity contribution in [3.8, 4) is 0 Å². The monoisotopic (exact) mass is 267 g/mol. The minimum absolute atomic E-state index is 0.332. The van der Waals surface area contributed by atoms with E-state index >= 15 is 0 Å². The molecule has 0 aliphatic rings. The molecule has 0 unspecified atom stereocenters. The van der Waals surface area contributed by atoms with E-state index in [1.165, 1.54) is 0 Å². The molecule has 20 heavy (non-hydrogen) atoms. The van der Waals surface area contributed by atoms with Gasteiger partial charge in [-0.15, -0.1) is 0 Å². The molecule has 3 heteroatoms. The fraction of sp³-hybridized carbons (Fsp3) is 0.176. The molecule has 0 amide bonds. The van der Waals surface area contributed by atoms with Crippen LogP contribution in [0.3, 0.4) is 0 Å². The number of ether oxygens (including phenoxy) is 1. The highest BCUT2D eigenvalue weighted by Gasteiger charge is 2.15. The molecule has 0 aliphatic carbocycles. The largest absolute Gasteiger partial charge is 0.461 e. The highest BCUT2D eigenvalue weighted by molar-refractivity contribution is 6.43. The lowest BCUT2D eigenvalue weighted by Crippen LogP contribution is -2.18. The number of esters is 1. The Kier molecular flexibility index (Phi) is 4.66. The maximum atomic E-state index is 12.1. The van der Waals surface area contributed by atoms with E-state index in [2.05, 4.69) is 4.99 Å². The number of rotatable bonds is 4. The molecule has 0 bridgehead atoms. The maximum Gasteiger partial charge on any atom is 0.357 e. The SMILES string of the molecule is CCOC(=O)C(=Nc1cccc(C)c1)c1ccccc1. The standard InChI is InChI=1S/C17H17NO2/c1-3-20-17(19)16(14-9-5-4-6-10-14)18-15-11-7-8-13(2)12-15/h4-12H,3H2,1-2H3. The summed E-state index contributed by atoms with van der Waals surface area (Å²) in [5, 5.41) is 0. The van der Waals surface area contributed by atoms with Gasteiger partial charge in [0.05, 0.1) is 12.3 Å². The van der Waals surface area contributed by atoms with Crippen molar-refractivity contribution in [1.29, 1.82) is 0 Å². The minimum Gasteiger partial charge on any atom is -0.461 e. The van der Waals surface area contributed by atoms with Gasteiger partial charge in [-0.1, -0.05) is 42.5 Å². The summed E-state index contributed by atoms with van der Waals surface area (Å²) in [4.78, 5) is 16.5. The van der Waals surface area contributed by atoms with Crippen molar-refractivity contribution < 1.29 is 9.53 Å². The van der Waals surface area contributed by atoms with E-state index in [0.717, 1.165) is 16.8 Å². The van der Waals surface area contributed by atoms with Gasteiger partial charge in [-0.2, -0.15) is 0 Å². The van der Waals surface area contributed by atoms with Gasteiger partial charge in [0.2, 0.25) is 0 Å². The minimum atomic E-state index is -0.403. The lowest BCUT2D eigenvalue weighted by atomic mass is 10.1. The molecule has 2 rings (SSSR count). The fourth-order valence-electron chi connectivity index (χ4n) is 1.85. The van der Waals surface area contributed by atoms with Gasteiger partial charge in [0.15, 0.2) is 5.71 Å². The maximum absolute atomic E-state index is 12.1. The van der Waals surface area contributed by atoms with Crippen LogP contribution in [-0.4, -0.2) is 18.3 Å². The third-order valence-corrected chi connectivity index (χ3v) is 2.76. The molecule has 0 saturated heterocycles. The summed E-state index contributed by atoms with van der Waals surface area (Å²) < 4.78 is 5.09. The van der Waals surface area contributed by atoms with Crippen LogP contribution < -0.4 is 0 Å². The van der Waals surface area contributed by atoms with Crippen LogP contribution in [0.2, 0.25) is 0 Å². The Bertz CT molecular complexity index is 618. The molecule has 0 N–H and O–H groups in total. The Morgan fingerprint density at radius 2 is 1.85 bits per heavy atom. The van der Waals surface area contributed by atoms with Gasteiger partial charge >= 0.3 is 5.97 Å². The van der Waals surface area contributed by atoms with Gasteiger partial charge in [-0.3, -0.25) is 0 Å². The molecule has 0 spiro atoms. The van der Waals surface area contributed by atoms with Crippen LogP contribution >= 0.6 is 0 Å². The quantitative estimate of drug-likeness (QED) is 0.626. The normalized spacial score (nSPS) is 11.2. The fourth-order valence-corrected chi connectivity index (χ4v) is 1.85. The van der Waals surface area contributed by atoms with E-state index in [-0.39, 0.29) is 0 Å². The Morgan fingerprint density at radius 1 is 1.10 bits per heavy atom. The second-order valence-electron chi connectivity index (χ2n) is 4.39. The van der Waals surface area contributed by atoms with Gasteiger partial charge in [0.1, 0.15) is 0 Å². The van der Waals surface area contributed by atoms with Crippen LogP contribution in [0.1, 0.15) is 18.1 Å². The van der Waals surface area contributed by atoms with Gasteiger partial charge < -0.3 is 4.74 Å². The molecular formula is C17H17NO2. The van der Waals surface area contributed by atoms with Crippen molar-refractivity contribution in [1.82, 2.24) is 0 Å². The van der Waals surface area contributed by atoms with E-state index in [0.29, 0.717) is 12.3 Å². The predicted molar refractivity (Wildman–Crippen MR) is 80.5 cm³/mol. The van der Waals surface area contributed by atoms with Crippen LogP contribution in [0, 0.1) is 6.92 Å². The number of aliphatic imine (C=N–C) groups is 1. The van der Waals surface area contributed by atoms with Gasteiger partial charge in [0, 0.05) is 5.56 Å². The first-order valence-electron chi connectivity index (χ1n) is 6.58. The topological polar surface area (TPSA) is 38.7 Å². The average molecular weight is 267 g/mol. The molecule has 0 aromatic heterocycles. The molecular weight excluding hydrogens is 250 g/mol. The highest BCUT2D eigenvalue weighted by atomic mass is 16.5.